The number of aliphatic hydroxyl groups is 1. The van der Waals surface area contributed by atoms with E-state index in [1.54, 1.807) is 12.1 Å². The lowest BCUT2D eigenvalue weighted by Crippen LogP contribution is -2.45. The Morgan fingerprint density at radius 3 is 2.43 bits per heavy atom. The van der Waals surface area contributed by atoms with Gasteiger partial charge in [0.05, 0.1) is 5.60 Å². The van der Waals surface area contributed by atoms with Crippen molar-refractivity contribution in [3.8, 4) is 0 Å². The van der Waals surface area contributed by atoms with Gasteiger partial charge in [-0.1, -0.05) is 26.0 Å². The molecule has 23 heavy (non-hydrogen) atoms. The highest BCUT2D eigenvalue weighted by Crippen LogP contribution is 2.13. The van der Waals surface area contributed by atoms with Crippen LogP contribution in [-0.2, 0) is 13.1 Å². The van der Waals surface area contributed by atoms with Crippen LogP contribution in [0.5, 0.6) is 0 Å². The summed E-state index contributed by atoms with van der Waals surface area (Å²) in [4.78, 5) is 13.7. The third-order valence-corrected chi connectivity index (χ3v) is 3.95. The van der Waals surface area contributed by atoms with E-state index in [1.807, 2.05) is 32.8 Å². The number of nitrogens with one attached hydrogen (secondary N) is 2. The van der Waals surface area contributed by atoms with Crippen LogP contribution in [0.4, 0.5) is 9.18 Å². The van der Waals surface area contributed by atoms with Crippen molar-refractivity contribution >= 4 is 6.03 Å². The summed E-state index contributed by atoms with van der Waals surface area (Å²) in [5.74, 6) is -0.273. The molecule has 0 radical (unpaired) electrons. The van der Waals surface area contributed by atoms with Gasteiger partial charge >= 0.3 is 6.03 Å². The quantitative estimate of drug-likeness (QED) is 0.687. The fourth-order valence-electron chi connectivity index (χ4n) is 2.16. The predicted octanol–water partition coefficient (Wildman–Crippen LogP) is 2.24. The van der Waals surface area contributed by atoms with Gasteiger partial charge in [-0.3, -0.25) is 0 Å². The molecule has 0 aliphatic heterocycles. The van der Waals surface area contributed by atoms with Crippen molar-refractivity contribution in [2.24, 2.45) is 0 Å². The molecular weight excluding hydrogens is 297 g/mol. The second kappa shape index (κ2) is 8.84. The van der Waals surface area contributed by atoms with Crippen LogP contribution in [0.2, 0.25) is 0 Å². The molecule has 0 atom stereocenters. The largest absolute Gasteiger partial charge is 0.388 e. The minimum Gasteiger partial charge on any atom is -0.388 e. The number of carbonyl (C=O) groups excluding carboxylic acids is 1. The van der Waals surface area contributed by atoms with Gasteiger partial charge in [-0.2, -0.15) is 0 Å². The van der Waals surface area contributed by atoms with Crippen molar-refractivity contribution in [3.05, 3.63) is 35.1 Å². The zero-order valence-corrected chi connectivity index (χ0v) is 14.4. The smallest absolute Gasteiger partial charge is 0.315 e. The van der Waals surface area contributed by atoms with E-state index < -0.39 is 5.60 Å². The molecule has 0 saturated heterocycles. The van der Waals surface area contributed by atoms with Crippen molar-refractivity contribution in [1.29, 1.82) is 0 Å². The van der Waals surface area contributed by atoms with Gasteiger partial charge in [0, 0.05) is 25.2 Å². The van der Waals surface area contributed by atoms with Crippen molar-refractivity contribution in [2.45, 2.75) is 45.4 Å². The van der Waals surface area contributed by atoms with Crippen LogP contribution < -0.4 is 10.6 Å². The molecule has 6 heteroatoms. The van der Waals surface area contributed by atoms with Crippen molar-refractivity contribution in [1.82, 2.24) is 15.5 Å². The maximum absolute atomic E-state index is 13.9. The molecule has 1 aromatic rings. The summed E-state index contributed by atoms with van der Waals surface area (Å²) in [6, 6.07) is 4.60. The lowest BCUT2D eigenvalue weighted by molar-refractivity contribution is 0.0349. The highest BCUT2D eigenvalue weighted by Gasteiger charge is 2.22. The third kappa shape index (κ3) is 6.54. The average molecular weight is 325 g/mol. The molecule has 0 spiro atoms. The minimum absolute atomic E-state index is 0.196. The van der Waals surface area contributed by atoms with E-state index in [-0.39, 0.29) is 24.9 Å². The molecule has 1 aromatic carbocycles. The van der Waals surface area contributed by atoms with Gasteiger partial charge in [-0.25, -0.2) is 9.18 Å². The first-order valence-corrected chi connectivity index (χ1v) is 7.95. The number of hydrogen-bond donors (Lipinski definition) is 3. The second-order valence-electron chi connectivity index (χ2n) is 6.13. The number of halogens is 1. The maximum atomic E-state index is 13.9. The van der Waals surface area contributed by atoms with E-state index in [0.29, 0.717) is 30.5 Å². The maximum Gasteiger partial charge on any atom is 0.315 e. The highest BCUT2D eigenvalue weighted by atomic mass is 19.1. The fourth-order valence-corrected chi connectivity index (χ4v) is 2.16. The third-order valence-electron chi connectivity index (χ3n) is 3.95. The molecular formula is C17H28FN3O2. The zero-order chi connectivity index (χ0) is 17.5. The molecule has 1 rings (SSSR count). The number of nitrogens with zero attached hydrogens (tertiary/aromatic N) is 1. The number of benzene rings is 1. The van der Waals surface area contributed by atoms with Crippen molar-refractivity contribution in [2.75, 3.05) is 20.6 Å². The standard InChI is InChI=1S/C17H28FN3O2/c1-5-17(23,6-2)12-20-16(22)19-10-13-7-8-14(11-21(3)4)15(18)9-13/h7-9,23H,5-6,10-12H2,1-4H3,(H2,19,20,22). The van der Waals surface area contributed by atoms with E-state index in [1.165, 1.54) is 6.07 Å². The van der Waals surface area contributed by atoms with Crippen LogP contribution in [0.3, 0.4) is 0 Å². The lowest BCUT2D eigenvalue weighted by Gasteiger charge is -2.25. The molecule has 2 amide bonds. The summed E-state index contributed by atoms with van der Waals surface area (Å²) in [7, 11) is 3.76. The molecule has 3 N–H and O–H groups in total. The summed E-state index contributed by atoms with van der Waals surface area (Å²) < 4.78 is 13.9. The number of hydrogen-bond acceptors (Lipinski definition) is 3. The minimum atomic E-state index is -0.878. The summed E-state index contributed by atoms with van der Waals surface area (Å²) in [5, 5.41) is 15.4. The summed E-state index contributed by atoms with van der Waals surface area (Å²) in [6.07, 6.45) is 1.14. The molecule has 5 nitrogen and oxygen atoms in total. The SMILES string of the molecule is CCC(O)(CC)CNC(=O)NCc1ccc(CN(C)C)c(F)c1. The van der Waals surface area contributed by atoms with Crippen molar-refractivity contribution < 1.29 is 14.3 Å². The highest BCUT2D eigenvalue weighted by molar-refractivity contribution is 5.73. The van der Waals surface area contributed by atoms with Gasteiger partial charge in [0.25, 0.3) is 0 Å². The van der Waals surface area contributed by atoms with E-state index >= 15 is 0 Å². The Morgan fingerprint density at radius 1 is 1.26 bits per heavy atom. The molecule has 130 valence electrons. The van der Waals surface area contributed by atoms with Gasteiger partial charge in [0.2, 0.25) is 0 Å². The van der Waals surface area contributed by atoms with Crippen LogP contribution in [0.15, 0.2) is 18.2 Å². The van der Waals surface area contributed by atoms with Crippen LogP contribution in [0.25, 0.3) is 0 Å². The molecule has 0 bridgehead atoms. The van der Waals surface area contributed by atoms with Crippen LogP contribution in [0, 0.1) is 5.82 Å². The van der Waals surface area contributed by atoms with Crippen LogP contribution in [0.1, 0.15) is 37.8 Å². The Hall–Kier alpha value is -1.66. The first-order chi connectivity index (χ1) is 10.8. The zero-order valence-electron chi connectivity index (χ0n) is 14.4. The Labute approximate surface area is 137 Å². The predicted molar refractivity (Wildman–Crippen MR) is 89.6 cm³/mol. The molecule has 0 fully saturated rings. The Bertz CT molecular complexity index is 517. The number of urea groups is 1. The lowest BCUT2D eigenvalue weighted by atomic mass is 9.98. The monoisotopic (exact) mass is 325 g/mol. The number of carbonyl (C=O) groups is 1. The molecule has 0 saturated carbocycles. The molecule has 0 aromatic heterocycles. The number of rotatable bonds is 8. The Morgan fingerprint density at radius 2 is 1.91 bits per heavy atom. The van der Waals surface area contributed by atoms with Crippen LogP contribution >= 0.6 is 0 Å². The molecule has 0 aliphatic carbocycles. The number of amides is 2. The van der Waals surface area contributed by atoms with E-state index in [9.17, 15) is 14.3 Å². The normalized spacial score (nSPS) is 11.6. The van der Waals surface area contributed by atoms with E-state index in [0.717, 1.165) is 0 Å². The summed E-state index contributed by atoms with van der Waals surface area (Å²) >= 11 is 0. The topological polar surface area (TPSA) is 64.6 Å². The van der Waals surface area contributed by atoms with Gasteiger partial charge in [0.1, 0.15) is 5.82 Å². The Kier molecular flexibility index (Phi) is 7.45. The first-order valence-electron chi connectivity index (χ1n) is 7.95. The van der Waals surface area contributed by atoms with Crippen LogP contribution in [-0.4, -0.2) is 42.3 Å². The van der Waals surface area contributed by atoms with Gasteiger partial charge in [0.15, 0.2) is 0 Å². The van der Waals surface area contributed by atoms with Gasteiger partial charge in [-0.15, -0.1) is 0 Å². The molecule has 0 aliphatic rings. The molecule has 0 unspecified atom stereocenters. The second-order valence-corrected chi connectivity index (χ2v) is 6.13. The average Bonchev–Trinajstić information content (AvgIpc) is 2.52. The fraction of sp³-hybridized carbons (Fsp3) is 0.588. The first kappa shape index (κ1) is 19.4. The summed E-state index contributed by atoms with van der Waals surface area (Å²) in [6.45, 7) is 4.72. The molecule has 0 heterocycles. The van der Waals surface area contributed by atoms with E-state index in [2.05, 4.69) is 10.6 Å². The van der Waals surface area contributed by atoms with Crippen molar-refractivity contribution in [3.63, 3.8) is 0 Å². The van der Waals surface area contributed by atoms with Gasteiger partial charge < -0.3 is 20.6 Å². The van der Waals surface area contributed by atoms with Gasteiger partial charge in [-0.05, 0) is 38.6 Å². The summed E-state index contributed by atoms with van der Waals surface area (Å²) in [5.41, 5.74) is 0.442. The Balaban J connectivity index is 2.49. The van der Waals surface area contributed by atoms with E-state index in [4.69, 9.17) is 0 Å².